The van der Waals surface area contributed by atoms with Crippen LogP contribution < -0.4 is 15.0 Å². The van der Waals surface area contributed by atoms with E-state index in [1.807, 2.05) is 48.5 Å². The van der Waals surface area contributed by atoms with Gasteiger partial charge in [0.05, 0.1) is 12.0 Å². The first-order chi connectivity index (χ1) is 16.1. The number of benzene rings is 2. The Kier molecular flexibility index (Phi) is 5.35. The van der Waals surface area contributed by atoms with Crippen molar-refractivity contribution >= 4 is 17.5 Å². The number of furan rings is 1. The van der Waals surface area contributed by atoms with E-state index < -0.39 is 11.9 Å². The molecule has 0 saturated carbocycles. The lowest BCUT2D eigenvalue weighted by Crippen LogP contribution is -2.49. The van der Waals surface area contributed by atoms with Crippen LogP contribution in [-0.2, 0) is 11.2 Å². The van der Waals surface area contributed by atoms with Crippen molar-refractivity contribution < 1.29 is 18.7 Å². The lowest BCUT2D eigenvalue weighted by molar-refractivity contribution is -0.120. The number of amides is 2. The molecule has 9 heteroatoms. The third kappa shape index (κ3) is 4.20. The first-order valence-corrected chi connectivity index (χ1v) is 10.4. The summed E-state index contributed by atoms with van der Waals surface area (Å²) in [6.45, 7) is -0.0106. The summed E-state index contributed by atoms with van der Waals surface area (Å²) in [6, 6.07) is 17.9. The molecule has 5 rings (SSSR count). The molecule has 2 amide bonds. The number of carbonyl (C=O) groups excluding carboxylic acids is 2. The topological polar surface area (TPSA) is 113 Å². The van der Waals surface area contributed by atoms with Crippen molar-refractivity contribution in [1.29, 1.82) is 0 Å². The predicted molar refractivity (Wildman–Crippen MR) is 120 cm³/mol. The number of ether oxygens (including phenoxy) is 1. The largest absolute Gasteiger partial charge is 0.489 e. The SMILES string of the molecule is CN1C(=O)[C@@H](NC(=O)c2n[nH]c(Cc3ccccc3)n2)COc2ccc(-c3ccco3)cc21. The molecule has 0 radical (unpaired) electrons. The minimum atomic E-state index is -0.891. The standard InChI is InChI=1S/C24H21N5O4/c1-29-18-13-16(19-8-5-11-32-19)9-10-20(18)33-14-17(24(29)31)25-23(30)22-26-21(27-28-22)12-15-6-3-2-4-7-15/h2-11,13,17H,12,14H2,1H3,(H,25,30)(H,26,27,28)/t17-/m0/s1. The Morgan fingerprint density at radius 3 is 2.82 bits per heavy atom. The van der Waals surface area contributed by atoms with Gasteiger partial charge in [-0.15, -0.1) is 5.10 Å². The molecular formula is C24H21N5O4. The van der Waals surface area contributed by atoms with Crippen LogP contribution in [0.1, 0.15) is 22.0 Å². The van der Waals surface area contributed by atoms with E-state index >= 15 is 0 Å². The van der Waals surface area contributed by atoms with Gasteiger partial charge in [-0.05, 0) is 35.9 Å². The number of likely N-dealkylation sites (N-methyl/N-ethyl adjacent to an activating group) is 1. The third-order valence-corrected chi connectivity index (χ3v) is 5.41. The van der Waals surface area contributed by atoms with Gasteiger partial charge in [0.2, 0.25) is 5.82 Å². The summed E-state index contributed by atoms with van der Waals surface area (Å²) in [7, 11) is 1.64. The maximum absolute atomic E-state index is 13.1. The number of nitrogens with one attached hydrogen (secondary N) is 2. The molecule has 166 valence electrons. The summed E-state index contributed by atoms with van der Waals surface area (Å²) in [5.41, 5.74) is 2.45. The zero-order chi connectivity index (χ0) is 22.8. The van der Waals surface area contributed by atoms with Crippen molar-refractivity contribution in [2.45, 2.75) is 12.5 Å². The molecule has 0 bridgehead atoms. The van der Waals surface area contributed by atoms with Crippen molar-refractivity contribution in [2.24, 2.45) is 0 Å². The van der Waals surface area contributed by atoms with Gasteiger partial charge >= 0.3 is 0 Å². The number of aromatic nitrogens is 3. The quantitative estimate of drug-likeness (QED) is 0.490. The van der Waals surface area contributed by atoms with E-state index in [0.717, 1.165) is 11.1 Å². The highest BCUT2D eigenvalue weighted by atomic mass is 16.5. The summed E-state index contributed by atoms with van der Waals surface area (Å²) >= 11 is 0. The molecule has 0 aliphatic carbocycles. The van der Waals surface area contributed by atoms with Gasteiger partial charge in [0.1, 0.15) is 30.0 Å². The van der Waals surface area contributed by atoms with Crippen molar-refractivity contribution in [3.05, 3.63) is 84.1 Å². The third-order valence-electron chi connectivity index (χ3n) is 5.41. The fraction of sp³-hybridized carbons (Fsp3) is 0.167. The van der Waals surface area contributed by atoms with Crippen LogP contribution in [0.15, 0.2) is 71.3 Å². The summed E-state index contributed by atoms with van der Waals surface area (Å²) in [5, 5.41) is 9.47. The lowest BCUT2D eigenvalue weighted by atomic mass is 10.1. The van der Waals surface area contributed by atoms with E-state index in [2.05, 4.69) is 20.5 Å². The van der Waals surface area contributed by atoms with Crippen molar-refractivity contribution in [1.82, 2.24) is 20.5 Å². The molecule has 2 N–H and O–H groups in total. The molecule has 9 nitrogen and oxygen atoms in total. The van der Waals surface area contributed by atoms with Crippen molar-refractivity contribution in [3.63, 3.8) is 0 Å². The zero-order valence-corrected chi connectivity index (χ0v) is 17.8. The van der Waals surface area contributed by atoms with E-state index in [-0.39, 0.29) is 18.3 Å². The number of H-pyrrole nitrogens is 1. The number of nitrogens with zero attached hydrogens (tertiary/aromatic N) is 3. The van der Waals surface area contributed by atoms with E-state index in [9.17, 15) is 9.59 Å². The van der Waals surface area contributed by atoms with Gasteiger partial charge in [0, 0.05) is 19.0 Å². The fourth-order valence-corrected chi connectivity index (χ4v) is 3.69. The zero-order valence-electron chi connectivity index (χ0n) is 17.8. The Labute approximate surface area is 189 Å². The number of hydrogen-bond acceptors (Lipinski definition) is 6. The maximum atomic E-state index is 13.1. The second-order valence-corrected chi connectivity index (χ2v) is 7.66. The summed E-state index contributed by atoms with van der Waals surface area (Å²) in [6.07, 6.45) is 2.11. The highest BCUT2D eigenvalue weighted by molar-refractivity contribution is 6.02. The number of anilines is 1. The van der Waals surface area contributed by atoms with Crippen LogP contribution in [0.4, 0.5) is 5.69 Å². The Morgan fingerprint density at radius 1 is 1.18 bits per heavy atom. The highest BCUT2D eigenvalue weighted by Crippen LogP contribution is 2.35. The molecule has 1 aliphatic heterocycles. The summed E-state index contributed by atoms with van der Waals surface area (Å²) in [5.74, 6) is 0.898. The molecule has 0 saturated heterocycles. The first kappa shape index (κ1) is 20.5. The highest BCUT2D eigenvalue weighted by Gasteiger charge is 2.32. The number of hydrogen-bond donors (Lipinski definition) is 2. The van der Waals surface area contributed by atoms with Crippen molar-refractivity contribution in [3.8, 4) is 17.1 Å². The van der Waals surface area contributed by atoms with E-state index in [0.29, 0.717) is 29.4 Å². The van der Waals surface area contributed by atoms with E-state index in [1.54, 1.807) is 25.4 Å². The predicted octanol–water partition coefficient (Wildman–Crippen LogP) is 2.81. The van der Waals surface area contributed by atoms with Gasteiger partial charge in [-0.2, -0.15) is 0 Å². The van der Waals surface area contributed by atoms with Crippen LogP contribution in [0.2, 0.25) is 0 Å². The molecule has 0 unspecified atom stereocenters. The monoisotopic (exact) mass is 443 g/mol. The Hall–Kier alpha value is -4.40. The lowest BCUT2D eigenvalue weighted by Gasteiger charge is -2.20. The van der Waals surface area contributed by atoms with Gasteiger partial charge in [-0.3, -0.25) is 14.7 Å². The van der Waals surface area contributed by atoms with E-state index in [4.69, 9.17) is 9.15 Å². The number of fused-ring (bicyclic) bond motifs is 1. The van der Waals surface area contributed by atoms with Crippen LogP contribution >= 0.6 is 0 Å². The Balaban J connectivity index is 1.29. The van der Waals surface area contributed by atoms with Gasteiger partial charge in [-0.25, -0.2) is 4.98 Å². The molecule has 4 aromatic rings. The molecular weight excluding hydrogens is 422 g/mol. The van der Waals surface area contributed by atoms with Gasteiger partial charge in [-0.1, -0.05) is 30.3 Å². The molecule has 1 atom stereocenters. The van der Waals surface area contributed by atoms with Crippen LogP contribution in [0.5, 0.6) is 5.75 Å². The maximum Gasteiger partial charge on any atom is 0.291 e. The van der Waals surface area contributed by atoms with Crippen LogP contribution in [0, 0.1) is 0 Å². The normalized spacial score (nSPS) is 15.5. The average molecular weight is 443 g/mol. The average Bonchev–Trinajstić information content (AvgIpc) is 3.52. The molecule has 33 heavy (non-hydrogen) atoms. The number of carbonyl (C=O) groups is 2. The summed E-state index contributed by atoms with van der Waals surface area (Å²) < 4.78 is 11.3. The van der Waals surface area contributed by atoms with E-state index in [1.165, 1.54) is 4.90 Å². The molecule has 0 spiro atoms. The number of rotatable bonds is 5. The van der Waals surface area contributed by atoms with Gasteiger partial charge < -0.3 is 19.4 Å². The minimum Gasteiger partial charge on any atom is -0.489 e. The second-order valence-electron chi connectivity index (χ2n) is 7.66. The molecule has 0 fully saturated rings. The minimum absolute atomic E-state index is 0.0106. The fourth-order valence-electron chi connectivity index (χ4n) is 3.69. The van der Waals surface area contributed by atoms with Crippen LogP contribution in [0.25, 0.3) is 11.3 Å². The number of aromatic amines is 1. The summed E-state index contributed by atoms with van der Waals surface area (Å²) in [4.78, 5) is 31.5. The van der Waals surface area contributed by atoms with Gasteiger partial charge in [0.15, 0.2) is 0 Å². The van der Waals surface area contributed by atoms with Gasteiger partial charge in [0.25, 0.3) is 11.8 Å². The Morgan fingerprint density at radius 2 is 2.03 bits per heavy atom. The Bertz CT molecular complexity index is 1280. The van der Waals surface area contributed by atoms with Crippen molar-refractivity contribution in [2.75, 3.05) is 18.6 Å². The molecule has 1 aliphatic rings. The second kappa shape index (κ2) is 8.62. The van der Waals surface area contributed by atoms with Crippen LogP contribution in [0.3, 0.4) is 0 Å². The van der Waals surface area contributed by atoms with Crippen LogP contribution in [-0.4, -0.2) is 46.7 Å². The molecule has 2 aromatic carbocycles. The smallest absolute Gasteiger partial charge is 0.291 e. The molecule has 3 heterocycles. The first-order valence-electron chi connectivity index (χ1n) is 10.4. The molecule has 2 aromatic heterocycles.